The highest BCUT2D eigenvalue weighted by Gasteiger charge is 2.36. The van der Waals surface area contributed by atoms with Crippen LogP contribution in [0.15, 0.2) is 72.0 Å². The van der Waals surface area contributed by atoms with Gasteiger partial charge in [0, 0.05) is 6.20 Å². The summed E-state index contributed by atoms with van der Waals surface area (Å²) in [7, 11) is -3.86. The van der Waals surface area contributed by atoms with Gasteiger partial charge in [0.25, 0.3) is 21.8 Å². The number of nitrogens with zero attached hydrogens (tertiary/aromatic N) is 3. The SMILES string of the molecule is O=C1c2ccccc2C(=O)N1c1ccc(S(=O)(=O)Nc2ccncn2)cc1. The molecule has 1 aliphatic heterocycles. The van der Waals surface area contributed by atoms with E-state index in [2.05, 4.69) is 14.7 Å². The van der Waals surface area contributed by atoms with Gasteiger partial charge < -0.3 is 0 Å². The molecule has 27 heavy (non-hydrogen) atoms. The Labute approximate surface area is 154 Å². The molecule has 0 radical (unpaired) electrons. The molecule has 0 fully saturated rings. The fourth-order valence-corrected chi connectivity index (χ4v) is 3.75. The van der Waals surface area contributed by atoms with Crippen molar-refractivity contribution < 1.29 is 18.0 Å². The van der Waals surface area contributed by atoms with E-state index in [9.17, 15) is 18.0 Å². The number of imide groups is 1. The van der Waals surface area contributed by atoms with E-state index in [1.165, 1.54) is 42.9 Å². The first-order valence-corrected chi connectivity index (χ1v) is 9.32. The fourth-order valence-electron chi connectivity index (χ4n) is 2.75. The van der Waals surface area contributed by atoms with Crippen LogP contribution in [-0.4, -0.2) is 30.2 Å². The van der Waals surface area contributed by atoms with Gasteiger partial charge in [-0.2, -0.15) is 0 Å². The number of hydrogen-bond donors (Lipinski definition) is 1. The number of aromatic nitrogens is 2. The molecule has 2 aromatic carbocycles. The van der Waals surface area contributed by atoms with Gasteiger partial charge in [-0.25, -0.2) is 23.3 Å². The van der Waals surface area contributed by atoms with Gasteiger partial charge >= 0.3 is 0 Å². The largest absolute Gasteiger partial charge is 0.268 e. The van der Waals surface area contributed by atoms with Crippen LogP contribution in [0.5, 0.6) is 0 Å². The van der Waals surface area contributed by atoms with E-state index in [4.69, 9.17) is 0 Å². The lowest BCUT2D eigenvalue weighted by atomic mass is 10.1. The number of hydrogen-bond acceptors (Lipinski definition) is 6. The molecule has 3 aromatic rings. The van der Waals surface area contributed by atoms with Gasteiger partial charge in [-0.15, -0.1) is 0 Å². The van der Waals surface area contributed by atoms with Crippen molar-refractivity contribution in [1.29, 1.82) is 0 Å². The number of anilines is 2. The van der Waals surface area contributed by atoms with Crippen molar-refractivity contribution in [3.05, 3.63) is 78.2 Å². The number of sulfonamides is 1. The smallest absolute Gasteiger partial charge is 0.266 e. The summed E-state index contributed by atoms with van der Waals surface area (Å²) in [6, 6.07) is 13.4. The van der Waals surface area contributed by atoms with Crippen molar-refractivity contribution in [2.24, 2.45) is 0 Å². The molecule has 2 amide bonds. The van der Waals surface area contributed by atoms with Gasteiger partial charge in [0.2, 0.25) is 0 Å². The van der Waals surface area contributed by atoms with Gasteiger partial charge in [-0.3, -0.25) is 14.3 Å². The summed E-state index contributed by atoms with van der Waals surface area (Å²) in [6.07, 6.45) is 2.64. The molecular formula is C18H12N4O4S. The highest BCUT2D eigenvalue weighted by molar-refractivity contribution is 7.92. The van der Waals surface area contributed by atoms with Crippen LogP contribution in [0, 0.1) is 0 Å². The minimum atomic E-state index is -3.86. The second-order valence-corrected chi connectivity index (χ2v) is 7.37. The number of amides is 2. The molecular weight excluding hydrogens is 368 g/mol. The van der Waals surface area contributed by atoms with E-state index in [0.717, 1.165) is 4.90 Å². The lowest BCUT2D eigenvalue weighted by Gasteiger charge is -2.14. The summed E-state index contributed by atoms with van der Waals surface area (Å²) < 4.78 is 27.2. The van der Waals surface area contributed by atoms with E-state index in [0.29, 0.717) is 16.8 Å². The Balaban J connectivity index is 1.62. The molecule has 9 heteroatoms. The van der Waals surface area contributed by atoms with Crippen molar-refractivity contribution in [1.82, 2.24) is 9.97 Å². The van der Waals surface area contributed by atoms with Crippen LogP contribution in [0.4, 0.5) is 11.5 Å². The summed E-state index contributed by atoms with van der Waals surface area (Å²) in [4.78, 5) is 33.5. The molecule has 2 heterocycles. The van der Waals surface area contributed by atoms with E-state index >= 15 is 0 Å². The molecule has 1 N–H and O–H groups in total. The third-order valence-electron chi connectivity index (χ3n) is 4.02. The van der Waals surface area contributed by atoms with E-state index < -0.39 is 21.8 Å². The maximum Gasteiger partial charge on any atom is 0.266 e. The molecule has 0 spiro atoms. The quantitative estimate of drug-likeness (QED) is 0.694. The van der Waals surface area contributed by atoms with Crippen LogP contribution in [0.2, 0.25) is 0 Å². The summed E-state index contributed by atoms with van der Waals surface area (Å²) in [5.41, 5.74) is 0.941. The van der Waals surface area contributed by atoms with Gasteiger partial charge in [0.15, 0.2) is 0 Å². The summed E-state index contributed by atoms with van der Waals surface area (Å²) in [5.74, 6) is -0.745. The van der Waals surface area contributed by atoms with Crippen molar-refractivity contribution >= 4 is 33.3 Å². The highest BCUT2D eigenvalue weighted by atomic mass is 32.2. The van der Waals surface area contributed by atoms with Crippen LogP contribution in [-0.2, 0) is 10.0 Å². The third kappa shape index (κ3) is 2.93. The Morgan fingerprint density at radius 3 is 2.04 bits per heavy atom. The highest BCUT2D eigenvalue weighted by Crippen LogP contribution is 2.29. The lowest BCUT2D eigenvalue weighted by Crippen LogP contribution is -2.29. The number of fused-ring (bicyclic) bond motifs is 1. The van der Waals surface area contributed by atoms with Crippen molar-refractivity contribution in [3.63, 3.8) is 0 Å². The number of carbonyl (C=O) groups is 2. The summed E-state index contributed by atoms with van der Waals surface area (Å²) >= 11 is 0. The van der Waals surface area contributed by atoms with Crippen molar-refractivity contribution in [2.75, 3.05) is 9.62 Å². The van der Waals surface area contributed by atoms with E-state index in [1.54, 1.807) is 24.3 Å². The van der Waals surface area contributed by atoms with Crippen LogP contribution in [0.3, 0.4) is 0 Å². The van der Waals surface area contributed by atoms with E-state index in [-0.39, 0.29) is 10.7 Å². The monoisotopic (exact) mass is 380 g/mol. The molecule has 1 aromatic heterocycles. The predicted octanol–water partition coefficient (Wildman–Crippen LogP) is 2.08. The first kappa shape index (κ1) is 16.9. The maximum atomic E-state index is 12.5. The molecule has 0 unspecified atom stereocenters. The van der Waals surface area contributed by atoms with E-state index in [1.807, 2.05) is 0 Å². The molecule has 0 bridgehead atoms. The molecule has 0 aliphatic carbocycles. The number of nitrogens with one attached hydrogen (secondary N) is 1. The number of benzene rings is 2. The first-order valence-electron chi connectivity index (χ1n) is 7.84. The molecule has 8 nitrogen and oxygen atoms in total. The number of rotatable bonds is 4. The minimum absolute atomic E-state index is 0.0264. The topological polar surface area (TPSA) is 109 Å². The van der Waals surface area contributed by atoms with Crippen LogP contribution in [0.25, 0.3) is 0 Å². The summed E-state index contributed by atoms with van der Waals surface area (Å²) in [5, 5.41) is 0. The zero-order valence-corrected chi connectivity index (χ0v) is 14.6. The molecule has 0 saturated heterocycles. The zero-order chi connectivity index (χ0) is 19.0. The molecule has 134 valence electrons. The predicted molar refractivity (Wildman–Crippen MR) is 96.9 cm³/mol. The Bertz CT molecular complexity index is 1110. The number of carbonyl (C=O) groups excluding carboxylic acids is 2. The summed E-state index contributed by atoms with van der Waals surface area (Å²) in [6.45, 7) is 0. The van der Waals surface area contributed by atoms with Crippen LogP contribution < -0.4 is 9.62 Å². The second-order valence-electron chi connectivity index (χ2n) is 5.69. The average Bonchev–Trinajstić information content (AvgIpc) is 2.93. The maximum absolute atomic E-state index is 12.5. The van der Waals surface area contributed by atoms with Crippen LogP contribution >= 0.6 is 0 Å². The van der Waals surface area contributed by atoms with Gasteiger partial charge in [-0.05, 0) is 42.5 Å². The van der Waals surface area contributed by atoms with Crippen molar-refractivity contribution in [2.45, 2.75) is 4.90 Å². The second kappa shape index (κ2) is 6.29. The Hall–Kier alpha value is -3.59. The van der Waals surface area contributed by atoms with Gasteiger partial charge in [0.1, 0.15) is 12.1 Å². The normalized spacial score (nSPS) is 13.6. The van der Waals surface area contributed by atoms with Gasteiger partial charge in [0.05, 0.1) is 21.7 Å². The molecule has 0 atom stereocenters. The van der Waals surface area contributed by atoms with Crippen LogP contribution in [0.1, 0.15) is 20.7 Å². The molecule has 4 rings (SSSR count). The standard InChI is InChI=1S/C18H12N4O4S/c23-17-14-3-1-2-4-15(14)18(24)22(17)12-5-7-13(8-6-12)27(25,26)21-16-9-10-19-11-20-16/h1-11H,(H,19,20,21). The fraction of sp³-hybridized carbons (Fsp3) is 0. The Kier molecular flexibility index (Phi) is 3.93. The Morgan fingerprint density at radius 2 is 1.48 bits per heavy atom. The minimum Gasteiger partial charge on any atom is -0.268 e. The van der Waals surface area contributed by atoms with Gasteiger partial charge in [-0.1, -0.05) is 12.1 Å². The molecule has 1 aliphatic rings. The first-order chi connectivity index (χ1) is 13.0. The zero-order valence-electron chi connectivity index (χ0n) is 13.7. The third-order valence-corrected chi connectivity index (χ3v) is 5.39. The molecule has 0 saturated carbocycles. The Morgan fingerprint density at radius 1 is 0.852 bits per heavy atom. The lowest BCUT2D eigenvalue weighted by molar-refractivity contribution is 0.0926. The average molecular weight is 380 g/mol. The van der Waals surface area contributed by atoms with Crippen molar-refractivity contribution in [3.8, 4) is 0 Å².